The first kappa shape index (κ1) is 44.8. The lowest BCUT2D eigenvalue weighted by Crippen LogP contribution is -2.44. The van der Waals surface area contributed by atoms with Crippen LogP contribution in [0.15, 0.2) is 0 Å². The number of ether oxygens (including phenoxy) is 1. The molecule has 0 rings (SSSR count). The minimum Gasteiger partial charge on any atom is -0.486 e. The lowest BCUT2D eigenvalue weighted by atomic mass is 9.65. The summed E-state index contributed by atoms with van der Waals surface area (Å²) >= 11 is 6.32. The van der Waals surface area contributed by atoms with Gasteiger partial charge in [0.1, 0.15) is 6.61 Å². The zero-order chi connectivity index (χ0) is 33.5. The van der Waals surface area contributed by atoms with E-state index in [0.717, 1.165) is 12.8 Å². The average Bonchev–Trinajstić information content (AvgIpc) is 3.06. The summed E-state index contributed by atoms with van der Waals surface area (Å²) in [5, 5.41) is 30.9. The fraction of sp³-hybridized carbons (Fsp3) is 0.975. The molecular weight excluding hydrogens is 577 g/mol. The molecule has 0 fully saturated rings. The van der Waals surface area contributed by atoms with E-state index in [4.69, 9.17) is 17.0 Å². The third kappa shape index (κ3) is 20.7. The van der Waals surface area contributed by atoms with Gasteiger partial charge >= 0.3 is 0 Å². The monoisotopic (exact) mass is 657 g/mol. The maximum atomic E-state index is 10.1. The Bertz CT molecular complexity index is 596. The molecule has 0 aromatic heterocycles. The third-order valence-corrected chi connectivity index (χ3v) is 11.0. The first-order valence-electron chi connectivity index (χ1n) is 20.0. The number of aliphatic hydroxyl groups is 3. The Morgan fingerprint density at radius 2 is 0.800 bits per heavy atom. The predicted octanol–water partition coefficient (Wildman–Crippen LogP) is 11.9. The highest BCUT2D eigenvalue weighted by Crippen LogP contribution is 2.46. The molecule has 0 saturated heterocycles. The fourth-order valence-electron chi connectivity index (χ4n) is 7.03. The van der Waals surface area contributed by atoms with E-state index in [9.17, 15) is 15.3 Å². The quantitative estimate of drug-likeness (QED) is 0.0468. The largest absolute Gasteiger partial charge is 0.486 e. The second-order valence-corrected chi connectivity index (χ2v) is 14.9. The van der Waals surface area contributed by atoms with Crippen LogP contribution in [0, 0.1) is 16.7 Å². The molecule has 0 amide bonds. The molecule has 270 valence electrons. The van der Waals surface area contributed by atoms with Gasteiger partial charge in [0.25, 0.3) is 0 Å². The third-order valence-electron chi connectivity index (χ3n) is 10.5. The van der Waals surface area contributed by atoms with Crippen molar-refractivity contribution in [2.75, 3.05) is 26.4 Å². The van der Waals surface area contributed by atoms with Gasteiger partial charge in [-0.25, -0.2) is 0 Å². The maximum absolute atomic E-state index is 10.1. The number of aliphatic hydroxyl groups excluding tert-OH is 3. The summed E-state index contributed by atoms with van der Waals surface area (Å²) in [6.07, 6.45) is 35.5. The van der Waals surface area contributed by atoms with Crippen molar-refractivity contribution in [2.24, 2.45) is 16.7 Å². The van der Waals surface area contributed by atoms with E-state index in [-0.39, 0.29) is 31.8 Å². The fourth-order valence-corrected chi connectivity index (χ4v) is 7.46. The van der Waals surface area contributed by atoms with Crippen molar-refractivity contribution in [1.82, 2.24) is 0 Å². The van der Waals surface area contributed by atoms with Crippen LogP contribution in [-0.4, -0.2) is 46.8 Å². The standard InChI is InChI=1S/C40H80O4S/c1-5-9-13-17-21-25-29-37(30-26-22-18-14-10-6-2)40(31-27-23-19-15-11-7-3,32-28-24-20-16-12-8-4)38(45)44-36-39(33-41,34-42)35-43/h37,41-43H,5-36H2,1-4H3. The molecule has 3 N–H and O–H groups in total. The van der Waals surface area contributed by atoms with Crippen LogP contribution in [0.2, 0.25) is 0 Å². The molecule has 0 aromatic carbocycles. The van der Waals surface area contributed by atoms with Crippen LogP contribution in [-0.2, 0) is 4.74 Å². The Balaban J connectivity index is 6.18. The molecule has 0 spiro atoms. The summed E-state index contributed by atoms with van der Waals surface area (Å²) in [7, 11) is 0. The topological polar surface area (TPSA) is 69.9 Å². The van der Waals surface area contributed by atoms with Gasteiger partial charge in [-0.3, -0.25) is 0 Å². The summed E-state index contributed by atoms with van der Waals surface area (Å²) in [4.78, 5) is 0. The van der Waals surface area contributed by atoms with E-state index >= 15 is 0 Å². The minimum absolute atomic E-state index is 0.0742. The Kier molecular flexibility index (Phi) is 30.9. The van der Waals surface area contributed by atoms with Crippen molar-refractivity contribution >= 4 is 17.3 Å². The van der Waals surface area contributed by atoms with Gasteiger partial charge in [-0.15, -0.1) is 0 Å². The van der Waals surface area contributed by atoms with Crippen LogP contribution >= 0.6 is 12.2 Å². The van der Waals surface area contributed by atoms with Crippen LogP contribution in [0.5, 0.6) is 0 Å². The number of hydrogen-bond acceptors (Lipinski definition) is 5. The molecule has 0 aliphatic heterocycles. The van der Waals surface area contributed by atoms with Gasteiger partial charge in [-0.05, 0) is 43.8 Å². The van der Waals surface area contributed by atoms with Gasteiger partial charge in [-0.1, -0.05) is 182 Å². The van der Waals surface area contributed by atoms with Crippen LogP contribution in [0.1, 0.15) is 207 Å². The van der Waals surface area contributed by atoms with E-state index in [1.165, 1.54) is 167 Å². The predicted molar refractivity (Wildman–Crippen MR) is 200 cm³/mol. The van der Waals surface area contributed by atoms with Gasteiger partial charge in [0.2, 0.25) is 0 Å². The SMILES string of the molecule is CCCCCCCCC(CCCCCCCC)C(CCCCCCCC)(CCCCCCCC)C(=S)OCC(CO)(CO)CO. The zero-order valence-corrected chi connectivity index (χ0v) is 31.7. The van der Waals surface area contributed by atoms with Crippen LogP contribution in [0.25, 0.3) is 0 Å². The molecule has 45 heavy (non-hydrogen) atoms. The second kappa shape index (κ2) is 31.1. The molecule has 0 aliphatic rings. The van der Waals surface area contributed by atoms with Crippen molar-refractivity contribution in [3.05, 3.63) is 0 Å². The van der Waals surface area contributed by atoms with Crippen LogP contribution in [0.3, 0.4) is 0 Å². The first-order valence-corrected chi connectivity index (χ1v) is 20.4. The Morgan fingerprint density at radius 1 is 0.489 bits per heavy atom. The van der Waals surface area contributed by atoms with Crippen LogP contribution < -0.4 is 0 Å². The highest BCUT2D eigenvalue weighted by atomic mass is 32.1. The van der Waals surface area contributed by atoms with Gasteiger partial charge in [-0.2, -0.15) is 0 Å². The Hall–Kier alpha value is -0.230. The molecular formula is C40H80O4S. The van der Waals surface area contributed by atoms with Crippen molar-refractivity contribution in [2.45, 2.75) is 207 Å². The summed E-state index contributed by atoms with van der Waals surface area (Å²) in [6, 6.07) is 0. The normalized spacial score (nSPS) is 12.4. The molecule has 0 aliphatic carbocycles. The highest BCUT2D eigenvalue weighted by Gasteiger charge is 2.43. The molecule has 4 nitrogen and oxygen atoms in total. The smallest absolute Gasteiger partial charge is 0.166 e. The van der Waals surface area contributed by atoms with Gasteiger partial charge < -0.3 is 20.1 Å². The Morgan fingerprint density at radius 3 is 1.13 bits per heavy atom. The van der Waals surface area contributed by atoms with E-state index < -0.39 is 5.41 Å². The van der Waals surface area contributed by atoms with Gasteiger partial charge in [0, 0.05) is 5.41 Å². The van der Waals surface area contributed by atoms with Gasteiger partial charge in [0.15, 0.2) is 5.05 Å². The second-order valence-electron chi connectivity index (χ2n) is 14.6. The molecule has 0 radical (unpaired) electrons. The molecule has 0 heterocycles. The van der Waals surface area contributed by atoms with E-state index in [2.05, 4.69) is 27.7 Å². The molecule has 0 saturated carbocycles. The maximum Gasteiger partial charge on any atom is 0.166 e. The molecule has 0 atom stereocenters. The summed E-state index contributed by atoms with van der Waals surface area (Å²) < 4.78 is 6.49. The average molecular weight is 657 g/mol. The Labute approximate surface area is 287 Å². The van der Waals surface area contributed by atoms with Crippen LogP contribution in [0.4, 0.5) is 0 Å². The lowest BCUT2D eigenvalue weighted by Gasteiger charge is -2.43. The number of rotatable bonds is 35. The number of thiocarbonyl (C=S) groups is 1. The number of unbranched alkanes of at least 4 members (excludes halogenated alkanes) is 20. The molecule has 0 bridgehead atoms. The van der Waals surface area contributed by atoms with E-state index in [0.29, 0.717) is 11.0 Å². The first-order chi connectivity index (χ1) is 22.0. The molecule has 5 heteroatoms. The molecule has 0 aromatic rings. The number of hydrogen-bond donors (Lipinski definition) is 3. The lowest BCUT2D eigenvalue weighted by molar-refractivity contribution is -0.0334. The van der Waals surface area contributed by atoms with Crippen molar-refractivity contribution < 1.29 is 20.1 Å². The van der Waals surface area contributed by atoms with E-state index in [1.807, 2.05) is 0 Å². The van der Waals surface area contributed by atoms with E-state index in [1.54, 1.807) is 0 Å². The van der Waals surface area contributed by atoms with Crippen molar-refractivity contribution in [3.63, 3.8) is 0 Å². The van der Waals surface area contributed by atoms with Crippen molar-refractivity contribution in [3.8, 4) is 0 Å². The zero-order valence-electron chi connectivity index (χ0n) is 30.9. The summed E-state index contributed by atoms with van der Waals surface area (Å²) in [5.41, 5.74) is -1.23. The minimum atomic E-state index is -1.07. The highest BCUT2D eigenvalue weighted by molar-refractivity contribution is 7.80. The summed E-state index contributed by atoms with van der Waals surface area (Å²) in [5.74, 6) is 0.500. The van der Waals surface area contributed by atoms with Gasteiger partial charge in [0.05, 0.1) is 25.2 Å². The van der Waals surface area contributed by atoms with Crippen molar-refractivity contribution in [1.29, 1.82) is 0 Å². The molecule has 0 unspecified atom stereocenters. The summed E-state index contributed by atoms with van der Waals surface area (Å²) in [6.45, 7) is 8.26.